The zero-order chi connectivity index (χ0) is 12.0. The molecule has 16 heavy (non-hydrogen) atoms. The van der Waals surface area contributed by atoms with Crippen molar-refractivity contribution in [2.75, 3.05) is 11.9 Å². The van der Waals surface area contributed by atoms with E-state index in [4.69, 9.17) is 9.84 Å². The Balaban J connectivity index is 2.54. The number of hydrogen-bond donors (Lipinski definition) is 2. The van der Waals surface area contributed by atoms with E-state index in [0.717, 1.165) is 0 Å². The van der Waals surface area contributed by atoms with Crippen LogP contribution < -0.4 is 10.1 Å². The fourth-order valence-electron chi connectivity index (χ4n) is 1.02. The highest BCUT2D eigenvalue weighted by Crippen LogP contribution is 2.15. The predicted octanol–water partition coefficient (Wildman–Crippen LogP) is 1.50. The molecule has 1 aromatic carbocycles. The van der Waals surface area contributed by atoms with E-state index in [-0.39, 0.29) is 12.5 Å². The minimum absolute atomic E-state index is 0.145. The molecule has 0 atom stereocenters. The summed E-state index contributed by atoms with van der Waals surface area (Å²) in [6, 6.07) is 6.53. The molecule has 5 nitrogen and oxygen atoms in total. The van der Waals surface area contributed by atoms with Gasteiger partial charge < -0.3 is 15.2 Å². The van der Waals surface area contributed by atoms with Crippen LogP contribution in [-0.2, 0) is 9.59 Å². The number of carboxylic acids is 1. The summed E-state index contributed by atoms with van der Waals surface area (Å²) in [7, 11) is 0. The first-order valence-electron chi connectivity index (χ1n) is 4.88. The topological polar surface area (TPSA) is 75.6 Å². The molecule has 0 aromatic heterocycles. The Bertz CT molecular complexity index is 372. The summed E-state index contributed by atoms with van der Waals surface area (Å²) in [5, 5.41) is 11.1. The maximum Gasteiger partial charge on any atom is 0.322 e. The van der Waals surface area contributed by atoms with E-state index >= 15 is 0 Å². The molecule has 0 amide bonds. The van der Waals surface area contributed by atoms with Crippen LogP contribution >= 0.6 is 0 Å². The molecule has 0 spiro atoms. The molecule has 0 fully saturated rings. The molecule has 0 saturated heterocycles. The van der Waals surface area contributed by atoms with Crippen LogP contribution in [-0.4, -0.2) is 23.6 Å². The molecule has 86 valence electrons. The number of esters is 1. The molecule has 1 aromatic rings. The van der Waals surface area contributed by atoms with Crippen LogP contribution in [0.3, 0.4) is 0 Å². The molecular weight excluding hydrogens is 210 g/mol. The number of aliphatic carboxylic acids is 1. The summed E-state index contributed by atoms with van der Waals surface area (Å²) >= 11 is 0. The lowest BCUT2D eigenvalue weighted by atomic mass is 10.3. The summed E-state index contributed by atoms with van der Waals surface area (Å²) in [6.45, 7) is 1.57. The van der Waals surface area contributed by atoms with Crippen molar-refractivity contribution in [3.05, 3.63) is 24.3 Å². The van der Waals surface area contributed by atoms with Gasteiger partial charge in [-0.15, -0.1) is 0 Å². The van der Waals surface area contributed by atoms with Gasteiger partial charge in [0.15, 0.2) is 0 Å². The van der Waals surface area contributed by atoms with Crippen LogP contribution in [0.25, 0.3) is 0 Å². The van der Waals surface area contributed by atoms with Crippen molar-refractivity contribution in [3.8, 4) is 5.75 Å². The number of nitrogens with one attached hydrogen (secondary N) is 1. The van der Waals surface area contributed by atoms with E-state index < -0.39 is 5.97 Å². The molecule has 0 aliphatic carbocycles. The number of carbonyl (C=O) groups is 2. The number of anilines is 1. The van der Waals surface area contributed by atoms with Gasteiger partial charge in [-0.1, -0.05) is 6.92 Å². The van der Waals surface area contributed by atoms with Gasteiger partial charge in [-0.2, -0.15) is 0 Å². The van der Waals surface area contributed by atoms with E-state index in [1.54, 1.807) is 31.2 Å². The van der Waals surface area contributed by atoms with Crippen molar-refractivity contribution in [1.82, 2.24) is 0 Å². The summed E-state index contributed by atoms with van der Waals surface area (Å²) < 4.78 is 4.96. The first kappa shape index (κ1) is 12.0. The van der Waals surface area contributed by atoms with Crippen molar-refractivity contribution in [3.63, 3.8) is 0 Å². The third kappa shape index (κ3) is 4.00. The zero-order valence-corrected chi connectivity index (χ0v) is 8.90. The van der Waals surface area contributed by atoms with E-state index in [1.807, 2.05) is 0 Å². The monoisotopic (exact) mass is 223 g/mol. The third-order valence-electron chi connectivity index (χ3n) is 1.82. The number of rotatable bonds is 5. The second kappa shape index (κ2) is 5.75. The van der Waals surface area contributed by atoms with Crippen LogP contribution in [0.2, 0.25) is 0 Å². The van der Waals surface area contributed by atoms with Crippen LogP contribution in [0.5, 0.6) is 5.75 Å². The highest BCUT2D eigenvalue weighted by Gasteiger charge is 2.01. The Morgan fingerprint density at radius 3 is 2.44 bits per heavy atom. The summed E-state index contributed by atoms with van der Waals surface area (Å²) in [6.07, 6.45) is 0.318. The number of carbonyl (C=O) groups excluding carboxylic acids is 1. The highest BCUT2D eigenvalue weighted by molar-refractivity contribution is 5.73. The van der Waals surface area contributed by atoms with Gasteiger partial charge in [-0.25, -0.2) is 0 Å². The zero-order valence-electron chi connectivity index (χ0n) is 8.90. The standard InChI is InChI=1S/C11H13NO4/c1-2-11(15)16-9-5-3-8(4-6-9)12-7-10(13)14/h3-6,12H,2,7H2,1H3,(H,13,14). The van der Waals surface area contributed by atoms with Crippen molar-refractivity contribution in [2.45, 2.75) is 13.3 Å². The van der Waals surface area contributed by atoms with Crippen LogP contribution in [0.4, 0.5) is 5.69 Å². The first-order chi connectivity index (χ1) is 7.61. The van der Waals surface area contributed by atoms with Crippen molar-refractivity contribution < 1.29 is 19.4 Å². The number of ether oxygens (including phenoxy) is 1. The second-order valence-electron chi connectivity index (χ2n) is 3.10. The van der Waals surface area contributed by atoms with Gasteiger partial charge >= 0.3 is 11.9 Å². The largest absolute Gasteiger partial charge is 0.480 e. The normalized spacial score (nSPS) is 9.56. The predicted molar refractivity (Wildman–Crippen MR) is 58.5 cm³/mol. The van der Waals surface area contributed by atoms with Gasteiger partial charge in [0, 0.05) is 12.1 Å². The van der Waals surface area contributed by atoms with Crippen LogP contribution in [0.1, 0.15) is 13.3 Å². The maximum atomic E-state index is 11.0. The molecule has 0 saturated carbocycles. The second-order valence-corrected chi connectivity index (χ2v) is 3.10. The fourth-order valence-corrected chi connectivity index (χ4v) is 1.02. The third-order valence-corrected chi connectivity index (χ3v) is 1.82. The molecule has 0 bridgehead atoms. The van der Waals surface area contributed by atoms with Crippen molar-refractivity contribution in [2.24, 2.45) is 0 Å². The molecular formula is C11H13NO4. The van der Waals surface area contributed by atoms with Crippen molar-refractivity contribution in [1.29, 1.82) is 0 Å². The summed E-state index contributed by atoms with van der Waals surface area (Å²) in [5.74, 6) is -0.777. The lowest BCUT2D eigenvalue weighted by Gasteiger charge is -2.05. The Morgan fingerprint density at radius 2 is 1.94 bits per heavy atom. The van der Waals surface area contributed by atoms with E-state index in [9.17, 15) is 9.59 Å². The first-order valence-corrected chi connectivity index (χ1v) is 4.88. The lowest BCUT2D eigenvalue weighted by Crippen LogP contribution is -2.12. The Kier molecular flexibility index (Phi) is 4.32. The molecule has 0 aliphatic heterocycles. The summed E-state index contributed by atoms with van der Waals surface area (Å²) in [5.41, 5.74) is 0.665. The SMILES string of the molecule is CCC(=O)Oc1ccc(NCC(=O)O)cc1. The Morgan fingerprint density at radius 1 is 1.31 bits per heavy atom. The smallest absolute Gasteiger partial charge is 0.322 e. The fraction of sp³-hybridized carbons (Fsp3) is 0.273. The van der Waals surface area contributed by atoms with E-state index in [0.29, 0.717) is 17.9 Å². The number of carboxylic acid groups (broad SMARTS) is 1. The van der Waals surface area contributed by atoms with Gasteiger partial charge in [0.25, 0.3) is 0 Å². The molecule has 5 heteroatoms. The van der Waals surface area contributed by atoms with Gasteiger partial charge in [-0.05, 0) is 24.3 Å². The lowest BCUT2D eigenvalue weighted by molar-refractivity contribution is -0.135. The summed E-state index contributed by atoms with van der Waals surface area (Å²) in [4.78, 5) is 21.3. The van der Waals surface area contributed by atoms with Crippen molar-refractivity contribution >= 4 is 17.6 Å². The molecule has 1 rings (SSSR count). The minimum Gasteiger partial charge on any atom is -0.480 e. The van der Waals surface area contributed by atoms with Gasteiger partial charge in [0.2, 0.25) is 0 Å². The average molecular weight is 223 g/mol. The molecule has 0 aliphatic rings. The number of benzene rings is 1. The van der Waals surface area contributed by atoms with Crippen LogP contribution in [0.15, 0.2) is 24.3 Å². The van der Waals surface area contributed by atoms with E-state index in [2.05, 4.69) is 5.32 Å². The Hall–Kier alpha value is -2.04. The minimum atomic E-state index is -0.929. The van der Waals surface area contributed by atoms with Gasteiger partial charge in [0.05, 0.1) is 0 Å². The molecule has 0 heterocycles. The Labute approximate surface area is 93.0 Å². The van der Waals surface area contributed by atoms with Crippen LogP contribution in [0, 0.1) is 0 Å². The average Bonchev–Trinajstić information content (AvgIpc) is 2.28. The maximum absolute atomic E-state index is 11.0. The van der Waals surface area contributed by atoms with Gasteiger partial charge in [-0.3, -0.25) is 9.59 Å². The van der Waals surface area contributed by atoms with Gasteiger partial charge in [0.1, 0.15) is 12.3 Å². The molecule has 2 N–H and O–H groups in total. The van der Waals surface area contributed by atoms with E-state index in [1.165, 1.54) is 0 Å². The molecule has 0 radical (unpaired) electrons. The highest BCUT2D eigenvalue weighted by atomic mass is 16.5. The molecule has 0 unspecified atom stereocenters. The number of hydrogen-bond acceptors (Lipinski definition) is 4. The quantitative estimate of drug-likeness (QED) is 0.584.